The summed E-state index contributed by atoms with van der Waals surface area (Å²) in [5, 5.41) is 0.258. The van der Waals surface area contributed by atoms with Crippen molar-refractivity contribution in [2.45, 2.75) is 26.2 Å². The van der Waals surface area contributed by atoms with Crippen molar-refractivity contribution in [2.24, 2.45) is 0 Å². The molecule has 0 saturated carbocycles. The molecule has 0 atom stereocenters. The number of hydrogen-bond donors (Lipinski definition) is 0. The first-order valence-electron chi connectivity index (χ1n) is 3.96. The maximum Gasteiger partial charge on any atom is 0.265 e. The zero-order chi connectivity index (χ0) is 10.0. The van der Waals surface area contributed by atoms with Crippen molar-refractivity contribution in [3.63, 3.8) is 0 Å². The van der Waals surface area contributed by atoms with Crippen LogP contribution in [-0.2, 0) is 0 Å². The van der Waals surface area contributed by atoms with Crippen molar-refractivity contribution in [1.29, 1.82) is 0 Å². The van der Waals surface area contributed by atoms with E-state index in [1.807, 2.05) is 13.8 Å². The van der Waals surface area contributed by atoms with Crippen molar-refractivity contribution in [3.8, 4) is 0 Å². The second-order valence-corrected chi connectivity index (χ2v) is 3.48. The molecular weight excluding hydrogens is 196 g/mol. The molecule has 1 nitrogen and oxygen atoms in total. The molecule has 0 spiro atoms. The average molecular weight is 206 g/mol. The maximum atomic E-state index is 12.4. The van der Waals surface area contributed by atoms with Crippen LogP contribution in [0.5, 0.6) is 0 Å². The molecule has 1 aromatic rings. The lowest BCUT2D eigenvalue weighted by Gasteiger charge is -2.11. The van der Waals surface area contributed by atoms with Crippen LogP contribution in [0.1, 0.15) is 37.3 Å². The summed E-state index contributed by atoms with van der Waals surface area (Å²) in [5.41, 5.74) is 0.536. The molecule has 0 radical (unpaired) electrons. The molecule has 0 aromatic carbocycles. The first-order chi connectivity index (χ1) is 6.02. The van der Waals surface area contributed by atoms with Gasteiger partial charge in [0.15, 0.2) is 0 Å². The number of pyridine rings is 1. The lowest BCUT2D eigenvalue weighted by molar-refractivity contribution is 0.149. The van der Waals surface area contributed by atoms with Gasteiger partial charge >= 0.3 is 0 Å². The predicted octanol–water partition coefficient (Wildman–Crippen LogP) is 3.80. The van der Waals surface area contributed by atoms with E-state index in [0.29, 0.717) is 5.56 Å². The van der Waals surface area contributed by atoms with E-state index in [0.717, 1.165) is 6.20 Å². The highest BCUT2D eigenvalue weighted by molar-refractivity contribution is 6.29. The molecule has 72 valence electrons. The van der Waals surface area contributed by atoms with Crippen LogP contribution in [0.2, 0.25) is 5.15 Å². The monoisotopic (exact) mass is 205 g/mol. The van der Waals surface area contributed by atoms with Crippen molar-refractivity contribution >= 4 is 11.6 Å². The van der Waals surface area contributed by atoms with Crippen LogP contribution in [-0.4, -0.2) is 4.98 Å². The number of nitrogens with zero attached hydrogens (tertiary/aromatic N) is 1. The molecule has 0 fully saturated rings. The number of rotatable bonds is 2. The highest BCUT2D eigenvalue weighted by atomic mass is 35.5. The normalized spacial score (nSPS) is 11.3. The molecule has 0 unspecified atom stereocenters. The number of alkyl halides is 2. The molecule has 0 aliphatic rings. The summed E-state index contributed by atoms with van der Waals surface area (Å²) in [4.78, 5) is 3.63. The van der Waals surface area contributed by atoms with Crippen LogP contribution < -0.4 is 0 Å². The Labute approximate surface area is 80.7 Å². The fraction of sp³-hybridized carbons (Fsp3) is 0.444. The smallest absolute Gasteiger partial charge is 0.244 e. The predicted molar refractivity (Wildman–Crippen MR) is 48.3 cm³/mol. The summed E-state index contributed by atoms with van der Waals surface area (Å²) in [6.07, 6.45) is -1.34. The van der Waals surface area contributed by atoms with E-state index in [1.54, 1.807) is 0 Å². The van der Waals surface area contributed by atoms with Gasteiger partial charge in [0.2, 0.25) is 0 Å². The largest absolute Gasteiger partial charge is 0.265 e. The molecule has 0 aliphatic heterocycles. The van der Waals surface area contributed by atoms with Gasteiger partial charge in [-0.1, -0.05) is 25.4 Å². The van der Waals surface area contributed by atoms with Gasteiger partial charge in [-0.2, -0.15) is 0 Å². The van der Waals surface area contributed by atoms with Gasteiger partial charge in [-0.3, -0.25) is 0 Å². The minimum atomic E-state index is -2.48. The van der Waals surface area contributed by atoms with Gasteiger partial charge in [0.05, 0.1) is 0 Å². The molecule has 0 aliphatic carbocycles. The maximum absolute atomic E-state index is 12.4. The molecule has 0 N–H and O–H groups in total. The molecule has 4 heteroatoms. The van der Waals surface area contributed by atoms with Gasteiger partial charge in [0, 0.05) is 11.8 Å². The summed E-state index contributed by atoms with van der Waals surface area (Å²) in [6.45, 7) is 3.69. The van der Waals surface area contributed by atoms with Crippen molar-refractivity contribution < 1.29 is 8.78 Å². The third kappa shape index (κ3) is 2.37. The lowest BCUT2D eigenvalue weighted by Crippen LogP contribution is -1.98. The summed E-state index contributed by atoms with van der Waals surface area (Å²) in [6, 6.07) is 1.49. The van der Waals surface area contributed by atoms with Crippen LogP contribution in [0.3, 0.4) is 0 Å². The van der Waals surface area contributed by atoms with Crippen LogP contribution >= 0.6 is 11.6 Å². The summed E-state index contributed by atoms with van der Waals surface area (Å²) in [5.74, 6) is 0.0319. The first-order valence-corrected chi connectivity index (χ1v) is 4.33. The molecule has 1 heterocycles. The number of aromatic nitrogens is 1. The van der Waals surface area contributed by atoms with Gasteiger partial charge in [0.25, 0.3) is 6.43 Å². The van der Waals surface area contributed by atoms with Crippen molar-refractivity contribution in [2.75, 3.05) is 0 Å². The Morgan fingerprint density at radius 3 is 2.38 bits per heavy atom. The Bertz CT molecular complexity index is 300. The molecule has 0 bridgehead atoms. The first kappa shape index (κ1) is 10.4. The molecule has 13 heavy (non-hydrogen) atoms. The minimum absolute atomic E-state index is 0.0283. The Kier molecular flexibility index (Phi) is 3.20. The summed E-state index contributed by atoms with van der Waals surface area (Å²) >= 11 is 5.61. The molecule has 0 saturated heterocycles. The SMILES string of the molecule is CC(C)c1cc(Cl)ncc1C(F)F. The quantitative estimate of drug-likeness (QED) is 0.670. The van der Waals surface area contributed by atoms with E-state index in [1.165, 1.54) is 6.07 Å². The number of hydrogen-bond acceptors (Lipinski definition) is 1. The highest BCUT2D eigenvalue weighted by Crippen LogP contribution is 2.28. The minimum Gasteiger partial charge on any atom is -0.244 e. The zero-order valence-electron chi connectivity index (χ0n) is 7.39. The zero-order valence-corrected chi connectivity index (χ0v) is 8.15. The third-order valence-electron chi connectivity index (χ3n) is 1.79. The van der Waals surface area contributed by atoms with E-state index < -0.39 is 6.43 Å². The third-order valence-corrected chi connectivity index (χ3v) is 2.00. The summed E-state index contributed by atoms with van der Waals surface area (Å²) < 4.78 is 24.9. The fourth-order valence-electron chi connectivity index (χ4n) is 1.14. The van der Waals surface area contributed by atoms with Gasteiger partial charge in [-0.25, -0.2) is 13.8 Å². The van der Waals surface area contributed by atoms with Crippen molar-refractivity contribution in [3.05, 3.63) is 28.5 Å². The van der Waals surface area contributed by atoms with Crippen LogP contribution in [0, 0.1) is 0 Å². The second kappa shape index (κ2) is 4.01. The Balaban J connectivity index is 3.19. The van der Waals surface area contributed by atoms with Gasteiger partial charge in [-0.15, -0.1) is 0 Å². The second-order valence-electron chi connectivity index (χ2n) is 3.09. The van der Waals surface area contributed by atoms with Gasteiger partial charge in [0.1, 0.15) is 5.15 Å². The van der Waals surface area contributed by atoms with Crippen LogP contribution in [0.4, 0.5) is 8.78 Å². The standard InChI is InChI=1S/C9H10ClF2N/c1-5(2)6-3-8(10)13-4-7(6)9(11)12/h3-5,9H,1-2H3. The summed E-state index contributed by atoms with van der Waals surface area (Å²) in [7, 11) is 0. The van der Waals surface area contributed by atoms with E-state index in [4.69, 9.17) is 11.6 Å². The molecule has 0 amide bonds. The van der Waals surface area contributed by atoms with E-state index >= 15 is 0 Å². The van der Waals surface area contributed by atoms with Gasteiger partial charge < -0.3 is 0 Å². The molecule has 1 rings (SSSR count). The van der Waals surface area contributed by atoms with Crippen molar-refractivity contribution in [1.82, 2.24) is 4.98 Å². The Morgan fingerprint density at radius 2 is 1.92 bits per heavy atom. The molecular formula is C9H10ClF2N. The number of halogens is 3. The molecule has 1 aromatic heterocycles. The van der Waals surface area contributed by atoms with Crippen LogP contribution in [0.25, 0.3) is 0 Å². The lowest BCUT2D eigenvalue weighted by atomic mass is 10.00. The fourth-order valence-corrected chi connectivity index (χ4v) is 1.30. The Morgan fingerprint density at radius 1 is 1.31 bits per heavy atom. The van der Waals surface area contributed by atoms with Gasteiger partial charge in [-0.05, 0) is 17.5 Å². The van der Waals surface area contributed by atoms with E-state index in [9.17, 15) is 8.78 Å². The topological polar surface area (TPSA) is 12.9 Å². The van der Waals surface area contributed by atoms with E-state index in [2.05, 4.69) is 4.98 Å². The highest BCUT2D eigenvalue weighted by Gasteiger charge is 2.15. The van der Waals surface area contributed by atoms with E-state index in [-0.39, 0.29) is 16.6 Å². The Hall–Kier alpha value is -0.700. The van der Waals surface area contributed by atoms with Crippen LogP contribution in [0.15, 0.2) is 12.3 Å². The average Bonchev–Trinajstić information content (AvgIpc) is 2.03.